The average Bonchev–Trinajstić information content (AvgIpc) is 3.18. The minimum absolute atomic E-state index is 0.140. The number of primary amides is 1. The number of carbonyl (C=O) groups excluding carboxylic acids is 2. The summed E-state index contributed by atoms with van der Waals surface area (Å²) >= 11 is 4.81. The summed E-state index contributed by atoms with van der Waals surface area (Å²) in [4.78, 5) is 32.0. The van der Waals surface area contributed by atoms with Gasteiger partial charge in [-0.25, -0.2) is 4.99 Å². The maximum Gasteiger partial charge on any atom is 0.267 e. The zero-order valence-corrected chi connectivity index (χ0v) is 22.8. The number of benzene rings is 3. The molecule has 190 valence electrons. The van der Waals surface area contributed by atoms with Gasteiger partial charge in [0.1, 0.15) is 0 Å². The van der Waals surface area contributed by atoms with Crippen molar-refractivity contribution < 1.29 is 19.1 Å². The van der Waals surface area contributed by atoms with Crippen LogP contribution in [-0.2, 0) is 9.59 Å². The third-order valence-corrected chi connectivity index (χ3v) is 7.05. The summed E-state index contributed by atoms with van der Waals surface area (Å²) in [5, 5.41) is 0.601. The van der Waals surface area contributed by atoms with Crippen LogP contribution in [0.1, 0.15) is 31.0 Å². The Morgan fingerprint density at radius 3 is 2.43 bits per heavy atom. The van der Waals surface area contributed by atoms with E-state index in [0.717, 1.165) is 16.8 Å². The van der Waals surface area contributed by atoms with Crippen LogP contribution in [0, 0.1) is 0 Å². The predicted octanol–water partition coefficient (Wildman–Crippen LogP) is 6.08. The molecular weight excluding hydrogens is 554 g/mol. The van der Waals surface area contributed by atoms with Crippen LogP contribution < -0.4 is 15.2 Å². The van der Waals surface area contributed by atoms with Crippen molar-refractivity contribution in [3.63, 3.8) is 0 Å². The van der Waals surface area contributed by atoms with Gasteiger partial charge >= 0.3 is 0 Å². The highest BCUT2D eigenvalue weighted by Crippen LogP contribution is 2.41. The molecule has 3 aromatic carbocycles. The normalized spacial score (nSPS) is 16.3. The number of ether oxygens (including phenoxy) is 2. The van der Waals surface area contributed by atoms with E-state index in [2.05, 4.69) is 15.9 Å². The van der Waals surface area contributed by atoms with Crippen LogP contribution >= 0.6 is 27.7 Å². The molecule has 0 saturated carbocycles. The number of amides is 2. The van der Waals surface area contributed by atoms with Crippen LogP contribution in [0.2, 0.25) is 0 Å². The Hall–Kier alpha value is -3.56. The van der Waals surface area contributed by atoms with Gasteiger partial charge in [0.05, 0.1) is 27.7 Å². The van der Waals surface area contributed by atoms with Gasteiger partial charge in [-0.1, -0.05) is 48.5 Å². The Balaban J connectivity index is 1.73. The third kappa shape index (κ3) is 6.42. The molecule has 9 heteroatoms. The molecule has 0 aliphatic carbocycles. The van der Waals surface area contributed by atoms with E-state index in [0.29, 0.717) is 32.7 Å². The number of thioether (sulfide) groups is 1. The van der Waals surface area contributed by atoms with Crippen LogP contribution in [0.4, 0.5) is 5.69 Å². The average molecular weight is 581 g/mol. The number of nitrogens with two attached hydrogens (primary N) is 1. The number of halogens is 1. The van der Waals surface area contributed by atoms with Crippen molar-refractivity contribution in [2.24, 2.45) is 10.7 Å². The first kappa shape index (κ1) is 26.5. The maximum absolute atomic E-state index is 13.7. The van der Waals surface area contributed by atoms with Crippen LogP contribution in [0.5, 0.6) is 11.5 Å². The van der Waals surface area contributed by atoms with Gasteiger partial charge in [0, 0.05) is 0 Å². The van der Waals surface area contributed by atoms with Crippen LogP contribution in [0.25, 0.3) is 6.08 Å². The number of hydrogen-bond acceptors (Lipinski definition) is 6. The first-order valence-electron chi connectivity index (χ1n) is 11.7. The topological polar surface area (TPSA) is 94.2 Å². The van der Waals surface area contributed by atoms with Gasteiger partial charge in [-0.3, -0.25) is 14.5 Å². The van der Waals surface area contributed by atoms with Crippen molar-refractivity contribution in [1.82, 2.24) is 4.90 Å². The van der Waals surface area contributed by atoms with E-state index in [1.165, 1.54) is 11.8 Å². The van der Waals surface area contributed by atoms with Gasteiger partial charge in [0.15, 0.2) is 23.3 Å². The number of para-hydroxylation sites is 1. The Morgan fingerprint density at radius 2 is 1.78 bits per heavy atom. The molecule has 0 spiro atoms. The number of nitrogens with zero attached hydrogens (tertiary/aromatic N) is 2. The van der Waals surface area contributed by atoms with Gasteiger partial charge in [-0.05, 0) is 83.0 Å². The summed E-state index contributed by atoms with van der Waals surface area (Å²) < 4.78 is 11.9. The van der Waals surface area contributed by atoms with E-state index in [-0.39, 0.29) is 18.6 Å². The Kier molecular flexibility index (Phi) is 8.68. The molecule has 4 rings (SSSR count). The van der Waals surface area contributed by atoms with E-state index in [1.54, 1.807) is 23.1 Å². The van der Waals surface area contributed by atoms with E-state index in [1.807, 2.05) is 74.5 Å². The summed E-state index contributed by atoms with van der Waals surface area (Å²) in [6.45, 7) is 3.96. The number of carbonyl (C=O) groups is 2. The number of hydrogen-bond donors (Lipinski definition) is 1. The van der Waals surface area contributed by atoms with Crippen molar-refractivity contribution in [2.75, 3.05) is 13.2 Å². The Morgan fingerprint density at radius 1 is 1.11 bits per heavy atom. The second-order valence-electron chi connectivity index (χ2n) is 8.12. The molecule has 1 aliphatic rings. The van der Waals surface area contributed by atoms with Crippen molar-refractivity contribution >= 4 is 56.4 Å². The molecule has 0 unspecified atom stereocenters. The van der Waals surface area contributed by atoms with E-state index in [9.17, 15) is 9.59 Å². The zero-order chi connectivity index (χ0) is 26.4. The molecule has 0 aromatic heterocycles. The van der Waals surface area contributed by atoms with Crippen molar-refractivity contribution in [2.45, 2.75) is 19.9 Å². The van der Waals surface area contributed by atoms with Crippen LogP contribution in [0.3, 0.4) is 0 Å². The highest BCUT2D eigenvalue weighted by Gasteiger charge is 2.37. The van der Waals surface area contributed by atoms with Crippen LogP contribution in [0.15, 0.2) is 87.2 Å². The second-order valence-corrected chi connectivity index (χ2v) is 9.98. The highest BCUT2D eigenvalue weighted by atomic mass is 79.9. The van der Waals surface area contributed by atoms with Gasteiger partial charge in [-0.15, -0.1) is 0 Å². The summed E-state index contributed by atoms with van der Waals surface area (Å²) in [6.07, 6.45) is 1.80. The number of amidine groups is 1. The summed E-state index contributed by atoms with van der Waals surface area (Å²) in [7, 11) is 0. The second kappa shape index (κ2) is 12.1. The molecule has 1 saturated heterocycles. The molecule has 37 heavy (non-hydrogen) atoms. The molecule has 1 heterocycles. The molecule has 2 amide bonds. The van der Waals surface area contributed by atoms with E-state index in [4.69, 9.17) is 20.2 Å². The maximum atomic E-state index is 13.7. The fourth-order valence-electron chi connectivity index (χ4n) is 3.77. The van der Waals surface area contributed by atoms with Gasteiger partial charge in [0.25, 0.3) is 11.8 Å². The molecule has 0 radical (unpaired) electrons. The lowest BCUT2D eigenvalue weighted by Crippen LogP contribution is -2.32. The lowest BCUT2D eigenvalue weighted by Gasteiger charge is -2.24. The lowest BCUT2D eigenvalue weighted by molar-refractivity contribution is -0.123. The molecule has 7 nitrogen and oxygen atoms in total. The zero-order valence-electron chi connectivity index (χ0n) is 20.4. The van der Waals surface area contributed by atoms with Crippen molar-refractivity contribution in [1.29, 1.82) is 0 Å². The summed E-state index contributed by atoms with van der Waals surface area (Å²) in [5.74, 6) is 0.0810. The predicted molar refractivity (Wildman–Crippen MR) is 151 cm³/mol. The SMILES string of the molecule is CCOc1cc(/C=C2/SC(=Nc3ccccc3)N([C@@H](C)c3ccccc3)C2=O)cc(Br)c1OCC(N)=O. The largest absolute Gasteiger partial charge is 0.490 e. The van der Waals surface area contributed by atoms with E-state index >= 15 is 0 Å². The molecule has 2 N–H and O–H groups in total. The number of aliphatic imine (C=N–C) groups is 1. The first-order valence-corrected chi connectivity index (χ1v) is 13.3. The summed E-state index contributed by atoms with van der Waals surface area (Å²) in [5.41, 5.74) is 7.73. The van der Waals surface area contributed by atoms with Gasteiger partial charge in [0.2, 0.25) is 0 Å². The van der Waals surface area contributed by atoms with Crippen LogP contribution in [-0.4, -0.2) is 35.1 Å². The molecule has 1 fully saturated rings. The van der Waals surface area contributed by atoms with Crippen molar-refractivity contribution in [3.8, 4) is 11.5 Å². The monoisotopic (exact) mass is 579 g/mol. The number of rotatable bonds is 9. The summed E-state index contributed by atoms with van der Waals surface area (Å²) in [6, 6.07) is 22.8. The van der Waals surface area contributed by atoms with Gasteiger partial charge < -0.3 is 15.2 Å². The lowest BCUT2D eigenvalue weighted by atomic mass is 10.1. The minimum atomic E-state index is -0.591. The van der Waals surface area contributed by atoms with Gasteiger partial charge in [-0.2, -0.15) is 0 Å². The molecule has 1 aliphatic heterocycles. The molecular formula is C28H26BrN3O4S. The fourth-order valence-corrected chi connectivity index (χ4v) is 5.41. The smallest absolute Gasteiger partial charge is 0.267 e. The Bertz CT molecular complexity index is 1350. The standard InChI is InChI=1S/C28H26BrN3O4S/c1-3-35-23-15-19(14-22(29)26(23)36-17-25(30)33)16-24-27(34)32(18(2)20-10-6-4-7-11-20)28(37-24)31-21-12-8-5-9-13-21/h4-16,18H,3,17H2,1-2H3,(H2,30,33)/b24-16+,31-28?/t18-/m0/s1. The molecule has 0 bridgehead atoms. The quantitative estimate of drug-likeness (QED) is 0.310. The molecule has 1 atom stereocenters. The fraction of sp³-hybridized carbons (Fsp3) is 0.179. The highest BCUT2D eigenvalue weighted by molar-refractivity contribution is 9.10. The molecule has 3 aromatic rings. The van der Waals surface area contributed by atoms with E-state index < -0.39 is 5.91 Å². The first-order chi connectivity index (χ1) is 17.9. The van der Waals surface area contributed by atoms with Crippen molar-refractivity contribution in [3.05, 3.63) is 93.3 Å². The Labute approximate surface area is 228 Å². The third-order valence-electron chi connectivity index (χ3n) is 5.48. The minimum Gasteiger partial charge on any atom is -0.490 e.